The fourth-order valence-corrected chi connectivity index (χ4v) is 6.58. The zero-order valence-electron chi connectivity index (χ0n) is 18.2. The van der Waals surface area contributed by atoms with Crippen LogP contribution in [0.3, 0.4) is 0 Å². The Morgan fingerprint density at radius 2 is 1.75 bits per heavy atom. The van der Waals surface area contributed by atoms with Gasteiger partial charge in [-0.3, -0.25) is 4.79 Å². The Balaban J connectivity index is 1.60. The van der Waals surface area contributed by atoms with E-state index in [0.29, 0.717) is 29.8 Å². The molecule has 3 rings (SSSR count). The van der Waals surface area contributed by atoms with Crippen molar-refractivity contribution in [3.63, 3.8) is 0 Å². The molecule has 162 valence electrons. The lowest BCUT2D eigenvalue weighted by atomic mass is 9.71. The summed E-state index contributed by atoms with van der Waals surface area (Å²) in [7, 11) is 0. The van der Waals surface area contributed by atoms with Gasteiger partial charge in [0.25, 0.3) is 0 Å². The van der Waals surface area contributed by atoms with Crippen LogP contribution in [0.1, 0.15) is 78.6 Å². The average molecular weight is 411 g/mol. The number of nitrogens with zero attached hydrogens (tertiary/aromatic N) is 1. The largest absolute Gasteiger partial charge is 0.376 e. The van der Waals surface area contributed by atoms with Gasteiger partial charge in [0.15, 0.2) is 0 Å². The molecule has 2 saturated carbocycles. The lowest BCUT2D eigenvalue weighted by Crippen LogP contribution is -2.61. The van der Waals surface area contributed by atoms with Crippen LogP contribution in [0.5, 0.6) is 0 Å². The number of piperidine rings is 1. The van der Waals surface area contributed by atoms with E-state index in [1.165, 1.54) is 38.5 Å². The van der Waals surface area contributed by atoms with Gasteiger partial charge in [0.2, 0.25) is 5.91 Å². The topological polar surface area (TPSA) is 55.6 Å². The van der Waals surface area contributed by atoms with Crippen LogP contribution in [0.15, 0.2) is 0 Å². The van der Waals surface area contributed by atoms with Gasteiger partial charge in [0, 0.05) is 24.8 Å². The van der Waals surface area contributed by atoms with Gasteiger partial charge in [-0.15, -0.1) is 0 Å². The summed E-state index contributed by atoms with van der Waals surface area (Å²) in [6.45, 7) is 7.75. The number of hydrogen-bond donors (Lipinski definition) is 2. The van der Waals surface area contributed by atoms with Gasteiger partial charge in [-0.1, -0.05) is 26.7 Å². The standard InChI is InChI=1S/C23H42N2O2S/c1-15(2)17-8-10-18(11-9-17)27-14-21-23(24)20(12-13-25(21)16(3)26)19-6-4-5-7-22(19)28/h15,17-23,28H,4-14,24H2,1-3H3/t17?,18?,19?,20?,21-,22?,23-/m0/s1. The second kappa shape index (κ2) is 10.2. The predicted octanol–water partition coefficient (Wildman–Crippen LogP) is 4.27. The van der Waals surface area contributed by atoms with E-state index in [1.807, 2.05) is 4.90 Å². The third-order valence-corrected chi connectivity index (χ3v) is 8.58. The maximum absolute atomic E-state index is 12.3. The molecule has 3 fully saturated rings. The number of thiol groups is 1. The molecule has 0 aromatic rings. The van der Waals surface area contributed by atoms with Crippen molar-refractivity contribution in [2.24, 2.45) is 29.4 Å². The molecule has 0 aromatic carbocycles. The molecule has 0 bridgehead atoms. The normalized spacial score (nSPS) is 39.9. The molecule has 3 unspecified atom stereocenters. The average Bonchev–Trinajstić information content (AvgIpc) is 2.67. The third kappa shape index (κ3) is 5.26. The Bertz CT molecular complexity index is 507. The van der Waals surface area contributed by atoms with Crippen LogP contribution >= 0.6 is 12.6 Å². The van der Waals surface area contributed by atoms with E-state index in [0.717, 1.165) is 37.6 Å². The molecule has 28 heavy (non-hydrogen) atoms. The van der Waals surface area contributed by atoms with Crippen LogP contribution in [0.25, 0.3) is 0 Å². The van der Waals surface area contributed by atoms with Crippen molar-refractivity contribution in [3.05, 3.63) is 0 Å². The predicted molar refractivity (Wildman–Crippen MR) is 119 cm³/mol. The fourth-order valence-electron chi connectivity index (χ4n) is 6.03. The molecule has 1 saturated heterocycles. The van der Waals surface area contributed by atoms with Crippen molar-refractivity contribution in [2.45, 2.75) is 102 Å². The maximum atomic E-state index is 12.3. The zero-order valence-corrected chi connectivity index (χ0v) is 19.1. The van der Waals surface area contributed by atoms with Crippen LogP contribution in [0.2, 0.25) is 0 Å². The molecule has 1 aliphatic heterocycles. The molecule has 2 aliphatic carbocycles. The Labute approximate surface area is 177 Å². The molecular formula is C23H42N2O2S. The van der Waals surface area contributed by atoms with Gasteiger partial charge < -0.3 is 15.4 Å². The number of ether oxygens (including phenoxy) is 1. The third-order valence-electron chi connectivity index (χ3n) is 7.94. The first-order valence-electron chi connectivity index (χ1n) is 11.7. The van der Waals surface area contributed by atoms with Gasteiger partial charge in [0.05, 0.1) is 18.8 Å². The van der Waals surface area contributed by atoms with Crippen molar-refractivity contribution >= 4 is 18.5 Å². The quantitative estimate of drug-likeness (QED) is 0.666. The number of carbonyl (C=O) groups excluding carboxylic acids is 1. The minimum Gasteiger partial charge on any atom is -0.376 e. The summed E-state index contributed by atoms with van der Waals surface area (Å²) in [6.07, 6.45) is 11.2. The summed E-state index contributed by atoms with van der Waals surface area (Å²) in [6, 6.07) is 0.0175. The molecule has 1 amide bonds. The van der Waals surface area contributed by atoms with Gasteiger partial charge in [-0.05, 0) is 68.6 Å². The van der Waals surface area contributed by atoms with Crippen LogP contribution in [-0.4, -0.2) is 47.4 Å². The summed E-state index contributed by atoms with van der Waals surface area (Å²) in [4.78, 5) is 14.3. The van der Waals surface area contributed by atoms with Crippen molar-refractivity contribution in [3.8, 4) is 0 Å². The molecule has 4 nitrogen and oxygen atoms in total. The van der Waals surface area contributed by atoms with Crippen LogP contribution in [-0.2, 0) is 9.53 Å². The first-order valence-corrected chi connectivity index (χ1v) is 12.2. The van der Waals surface area contributed by atoms with Crippen LogP contribution < -0.4 is 5.73 Å². The van der Waals surface area contributed by atoms with E-state index in [4.69, 9.17) is 23.1 Å². The van der Waals surface area contributed by atoms with Crippen molar-refractivity contribution in [1.82, 2.24) is 4.90 Å². The highest BCUT2D eigenvalue weighted by atomic mass is 32.1. The smallest absolute Gasteiger partial charge is 0.219 e. The molecule has 5 heteroatoms. The Kier molecular flexibility index (Phi) is 8.14. The van der Waals surface area contributed by atoms with Gasteiger partial charge in [0.1, 0.15) is 0 Å². The first-order chi connectivity index (χ1) is 13.4. The second-order valence-electron chi connectivity index (χ2n) is 9.94. The number of nitrogens with two attached hydrogens (primary N) is 1. The number of carbonyl (C=O) groups is 1. The number of hydrogen-bond acceptors (Lipinski definition) is 4. The van der Waals surface area contributed by atoms with Gasteiger partial charge in [-0.25, -0.2) is 0 Å². The Morgan fingerprint density at radius 3 is 2.36 bits per heavy atom. The second-order valence-corrected chi connectivity index (χ2v) is 10.6. The molecular weight excluding hydrogens is 368 g/mol. The van der Waals surface area contributed by atoms with Gasteiger partial charge >= 0.3 is 0 Å². The summed E-state index contributed by atoms with van der Waals surface area (Å²) in [5, 5.41) is 0.460. The number of rotatable bonds is 5. The number of likely N-dealkylation sites (tertiary alicyclic amines) is 1. The summed E-state index contributed by atoms with van der Waals surface area (Å²) >= 11 is 4.89. The van der Waals surface area contributed by atoms with Crippen molar-refractivity contribution in [1.29, 1.82) is 0 Å². The molecule has 3 aliphatic rings. The van der Waals surface area contributed by atoms with Crippen molar-refractivity contribution < 1.29 is 9.53 Å². The van der Waals surface area contributed by atoms with E-state index in [-0.39, 0.29) is 18.0 Å². The van der Waals surface area contributed by atoms with E-state index in [2.05, 4.69) is 13.8 Å². The highest BCUT2D eigenvalue weighted by Gasteiger charge is 2.43. The lowest BCUT2D eigenvalue weighted by Gasteiger charge is -2.48. The van der Waals surface area contributed by atoms with E-state index < -0.39 is 0 Å². The molecule has 5 atom stereocenters. The molecule has 0 aromatic heterocycles. The van der Waals surface area contributed by atoms with E-state index in [1.54, 1.807) is 6.92 Å². The zero-order chi connectivity index (χ0) is 20.3. The van der Waals surface area contributed by atoms with Crippen LogP contribution in [0.4, 0.5) is 0 Å². The summed E-state index contributed by atoms with van der Waals surface area (Å²) in [5.41, 5.74) is 6.81. The first kappa shape index (κ1) is 22.4. The SMILES string of the molecule is CC(=O)N1CCC(C2CCCCC2S)[C@H](N)[C@@H]1COC1CCC(C(C)C)CC1. The van der Waals surface area contributed by atoms with Crippen molar-refractivity contribution in [2.75, 3.05) is 13.2 Å². The highest BCUT2D eigenvalue weighted by molar-refractivity contribution is 7.81. The summed E-state index contributed by atoms with van der Waals surface area (Å²) < 4.78 is 6.37. The Hall–Kier alpha value is -0.260. The minimum atomic E-state index is 0.00223. The van der Waals surface area contributed by atoms with Gasteiger partial charge in [-0.2, -0.15) is 12.6 Å². The summed E-state index contributed by atoms with van der Waals surface area (Å²) in [5.74, 6) is 2.80. The Morgan fingerprint density at radius 1 is 1.07 bits per heavy atom. The lowest BCUT2D eigenvalue weighted by molar-refractivity contribution is -0.138. The van der Waals surface area contributed by atoms with Crippen LogP contribution in [0, 0.1) is 23.7 Å². The minimum absolute atomic E-state index is 0.00223. The monoisotopic (exact) mass is 410 g/mol. The molecule has 1 heterocycles. The fraction of sp³-hybridized carbons (Fsp3) is 0.957. The molecule has 0 radical (unpaired) electrons. The molecule has 2 N–H and O–H groups in total. The van der Waals surface area contributed by atoms with E-state index in [9.17, 15) is 4.79 Å². The number of amides is 1. The van der Waals surface area contributed by atoms with E-state index >= 15 is 0 Å². The highest BCUT2D eigenvalue weighted by Crippen LogP contribution is 2.40. The maximum Gasteiger partial charge on any atom is 0.219 e. The molecule has 0 spiro atoms.